The molecule has 0 aromatic heterocycles. The van der Waals surface area contributed by atoms with E-state index in [0.29, 0.717) is 24.1 Å². The topological polar surface area (TPSA) is 0 Å². The predicted octanol–water partition coefficient (Wildman–Crippen LogP) is 5.14. The summed E-state index contributed by atoms with van der Waals surface area (Å²) in [6, 6.07) is 4.85. The maximum Gasteiger partial charge on any atom is 0.142 e. The number of rotatable bonds is 5. The van der Waals surface area contributed by atoms with Crippen LogP contribution in [-0.4, -0.2) is 11.8 Å². The lowest BCUT2D eigenvalue weighted by atomic mass is 9.76. The van der Waals surface area contributed by atoms with Gasteiger partial charge in [0.2, 0.25) is 0 Å². The number of halogens is 4. The highest BCUT2D eigenvalue weighted by Crippen LogP contribution is 2.35. The summed E-state index contributed by atoms with van der Waals surface area (Å²) in [6.07, 6.45) is 0.658. The molecule has 0 atom stereocenters. The summed E-state index contributed by atoms with van der Waals surface area (Å²) < 4.78 is 13.4. The van der Waals surface area contributed by atoms with Crippen molar-refractivity contribution in [2.45, 2.75) is 20.3 Å². The molecular weight excluding hydrogens is 282 g/mol. The zero-order valence-corrected chi connectivity index (χ0v) is 12.2. The third-order valence-electron chi connectivity index (χ3n) is 3.30. The number of hydrogen-bond acceptors (Lipinski definition) is 0. The Morgan fingerprint density at radius 2 is 1.82 bits per heavy atom. The van der Waals surface area contributed by atoms with Crippen LogP contribution in [0.3, 0.4) is 0 Å². The summed E-state index contributed by atoms with van der Waals surface area (Å²) in [5.41, 5.74) is 0.672. The molecule has 4 heteroatoms. The first-order valence-electron chi connectivity index (χ1n) is 5.51. The van der Waals surface area contributed by atoms with Crippen molar-refractivity contribution in [1.29, 1.82) is 0 Å². The predicted molar refractivity (Wildman–Crippen MR) is 73.8 cm³/mol. The summed E-state index contributed by atoms with van der Waals surface area (Å²) in [6.45, 7) is 4.16. The third kappa shape index (κ3) is 3.49. The first kappa shape index (κ1) is 15.1. The first-order chi connectivity index (χ1) is 7.95. The van der Waals surface area contributed by atoms with Crippen LogP contribution < -0.4 is 0 Å². The van der Waals surface area contributed by atoms with Gasteiger partial charge in [-0.15, -0.1) is 23.2 Å². The van der Waals surface area contributed by atoms with E-state index in [4.69, 9.17) is 34.8 Å². The van der Waals surface area contributed by atoms with E-state index in [9.17, 15) is 4.39 Å². The van der Waals surface area contributed by atoms with E-state index in [1.807, 2.05) is 6.07 Å². The van der Waals surface area contributed by atoms with Crippen LogP contribution in [0.5, 0.6) is 0 Å². The van der Waals surface area contributed by atoms with Crippen LogP contribution in [-0.2, 0) is 6.42 Å². The molecule has 0 nitrogen and oxygen atoms in total. The molecule has 0 bridgehead atoms. The Labute approximate surface area is 117 Å². The van der Waals surface area contributed by atoms with Gasteiger partial charge in [-0.05, 0) is 30.0 Å². The minimum absolute atomic E-state index is 0.139. The molecule has 1 aromatic rings. The van der Waals surface area contributed by atoms with Gasteiger partial charge >= 0.3 is 0 Å². The Hall–Kier alpha value is 0.0200. The zero-order chi connectivity index (χ0) is 13.1. The standard InChI is InChI=1S/C13H16Cl3F/c1-9(2)13(7-14,8-15)6-10-3-4-11(16)12(17)5-10/h3-5,9H,6-8H2,1-2H3. The second-order valence-electron chi connectivity index (χ2n) is 4.71. The van der Waals surface area contributed by atoms with Crippen molar-refractivity contribution in [1.82, 2.24) is 0 Å². The monoisotopic (exact) mass is 296 g/mol. The highest BCUT2D eigenvalue weighted by atomic mass is 35.5. The van der Waals surface area contributed by atoms with E-state index in [0.717, 1.165) is 5.56 Å². The van der Waals surface area contributed by atoms with E-state index in [-0.39, 0.29) is 10.4 Å². The number of hydrogen-bond donors (Lipinski definition) is 0. The molecule has 0 aliphatic rings. The third-order valence-corrected chi connectivity index (χ3v) is 4.67. The van der Waals surface area contributed by atoms with Gasteiger partial charge in [-0.3, -0.25) is 0 Å². The maximum absolute atomic E-state index is 13.4. The fourth-order valence-corrected chi connectivity index (χ4v) is 2.91. The van der Waals surface area contributed by atoms with Crippen LogP contribution in [0.1, 0.15) is 19.4 Å². The van der Waals surface area contributed by atoms with Gasteiger partial charge in [-0.25, -0.2) is 4.39 Å². The molecule has 0 radical (unpaired) electrons. The Morgan fingerprint density at radius 1 is 1.24 bits per heavy atom. The summed E-state index contributed by atoms with van der Waals surface area (Å²) in [5, 5.41) is 0.139. The van der Waals surface area contributed by atoms with E-state index in [1.165, 1.54) is 6.07 Å². The molecule has 0 heterocycles. The molecule has 0 aliphatic heterocycles. The van der Waals surface area contributed by atoms with E-state index in [1.54, 1.807) is 6.07 Å². The second-order valence-corrected chi connectivity index (χ2v) is 5.65. The lowest BCUT2D eigenvalue weighted by Crippen LogP contribution is -2.34. The fraction of sp³-hybridized carbons (Fsp3) is 0.538. The Balaban J connectivity index is 2.97. The van der Waals surface area contributed by atoms with Crippen molar-refractivity contribution in [3.05, 3.63) is 34.6 Å². The van der Waals surface area contributed by atoms with Gasteiger partial charge in [0.15, 0.2) is 0 Å². The highest BCUT2D eigenvalue weighted by Gasteiger charge is 2.32. The molecule has 0 fully saturated rings. The van der Waals surface area contributed by atoms with Gasteiger partial charge in [0, 0.05) is 17.2 Å². The van der Waals surface area contributed by atoms with Crippen molar-refractivity contribution in [3.8, 4) is 0 Å². The van der Waals surface area contributed by atoms with E-state index < -0.39 is 5.82 Å². The molecule has 0 aliphatic carbocycles. The van der Waals surface area contributed by atoms with Gasteiger partial charge in [0.25, 0.3) is 0 Å². The molecule has 96 valence electrons. The SMILES string of the molecule is CC(C)C(CCl)(CCl)Cc1ccc(Cl)c(F)c1. The molecule has 17 heavy (non-hydrogen) atoms. The van der Waals surface area contributed by atoms with Gasteiger partial charge in [0.1, 0.15) is 5.82 Å². The van der Waals surface area contributed by atoms with Crippen LogP contribution in [0.4, 0.5) is 4.39 Å². The largest absolute Gasteiger partial charge is 0.205 e. The first-order valence-corrected chi connectivity index (χ1v) is 6.96. The number of benzene rings is 1. The Bertz CT molecular complexity index is 373. The van der Waals surface area contributed by atoms with Crippen molar-refractivity contribution in [2.24, 2.45) is 11.3 Å². The smallest absolute Gasteiger partial charge is 0.142 e. The molecule has 0 amide bonds. The van der Waals surface area contributed by atoms with E-state index in [2.05, 4.69) is 13.8 Å². The van der Waals surface area contributed by atoms with Crippen molar-refractivity contribution >= 4 is 34.8 Å². The van der Waals surface area contributed by atoms with Gasteiger partial charge in [-0.1, -0.05) is 31.5 Å². The molecular formula is C13H16Cl3F. The molecule has 0 N–H and O–H groups in total. The lowest BCUT2D eigenvalue weighted by molar-refractivity contribution is 0.258. The molecule has 0 unspecified atom stereocenters. The van der Waals surface area contributed by atoms with Crippen LogP contribution >= 0.6 is 34.8 Å². The Morgan fingerprint density at radius 3 is 2.24 bits per heavy atom. The minimum Gasteiger partial charge on any atom is -0.205 e. The van der Waals surface area contributed by atoms with Crippen LogP contribution in [0.2, 0.25) is 5.02 Å². The molecule has 0 saturated heterocycles. The summed E-state index contributed by atoms with van der Waals surface area (Å²) >= 11 is 17.7. The maximum atomic E-state index is 13.4. The molecule has 0 saturated carbocycles. The van der Waals surface area contributed by atoms with Crippen molar-refractivity contribution in [2.75, 3.05) is 11.8 Å². The van der Waals surface area contributed by atoms with Gasteiger partial charge < -0.3 is 0 Å². The van der Waals surface area contributed by atoms with Crippen molar-refractivity contribution in [3.63, 3.8) is 0 Å². The average molecular weight is 298 g/mol. The second kappa shape index (κ2) is 6.26. The van der Waals surface area contributed by atoms with Gasteiger partial charge in [0.05, 0.1) is 5.02 Å². The summed E-state index contributed by atoms with van der Waals surface area (Å²) in [7, 11) is 0. The fourth-order valence-electron chi connectivity index (χ4n) is 1.70. The Kier molecular flexibility index (Phi) is 5.56. The van der Waals surface area contributed by atoms with Crippen LogP contribution in [0.25, 0.3) is 0 Å². The van der Waals surface area contributed by atoms with E-state index >= 15 is 0 Å². The minimum atomic E-state index is -0.397. The molecule has 1 aromatic carbocycles. The van der Waals surface area contributed by atoms with Gasteiger partial charge in [-0.2, -0.15) is 0 Å². The molecule has 1 rings (SSSR count). The average Bonchev–Trinajstić information content (AvgIpc) is 2.30. The summed E-state index contributed by atoms with van der Waals surface area (Å²) in [4.78, 5) is 0. The van der Waals surface area contributed by atoms with Crippen LogP contribution in [0, 0.1) is 17.2 Å². The lowest BCUT2D eigenvalue weighted by Gasteiger charge is -2.34. The van der Waals surface area contributed by atoms with Crippen molar-refractivity contribution < 1.29 is 4.39 Å². The summed E-state index contributed by atoms with van der Waals surface area (Å²) in [5.74, 6) is 0.846. The normalized spacial score (nSPS) is 12.2. The highest BCUT2D eigenvalue weighted by molar-refractivity contribution is 6.30. The molecule has 0 spiro atoms. The number of alkyl halides is 2. The quantitative estimate of drug-likeness (QED) is 0.660. The zero-order valence-electron chi connectivity index (χ0n) is 9.94. The van der Waals surface area contributed by atoms with Crippen LogP contribution in [0.15, 0.2) is 18.2 Å².